The Labute approximate surface area is 105 Å². The van der Waals surface area contributed by atoms with Crippen molar-refractivity contribution in [2.75, 3.05) is 0 Å². The van der Waals surface area contributed by atoms with Crippen molar-refractivity contribution in [2.45, 2.75) is 32.4 Å². The number of nitrogens with zero attached hydrogens (tertiary/aromatic N) is 1. The monoisotopic (exact) mass is 247 g/mol. The fourth-order valence-electron chi connectivity index (χ4n) is 1.83. The molecule has 1 aromatic carbocycles. The number of hydrogen-bond donors (Lipinski definition) is 1. The molecule has 96 valence electrons. The van der Waals surface area contributed by atoms with E-state index < -0.39 is 17.5 Å². The molecular formula is C13H15N2O3-. The molecule has 1 amide bonds. The van der Waals surface area contributed by atoms with Gasteiger partial charge < -0.3 is 15.2 Å². The summed E-state index contributed by atoms with van der Waals surface area (Å²) in [6.07, 6.45) is 0.0903. The third-order valence-corrected chi connectivity index (χ3v) is 2.78. The van der Waals surface area contributed by atoms with Crippen molar-refractivity contribution < 1.29 is 14.6 Å². The average molecular weight is 247 g/mol. The summed E-state index contributed by atoms with van der Waals surface area (Å²) in [5.74, 6) is 0.326. The third kappa shape index (κ3) is 2.16. The second-order valence-corrected chi connectivity index (χ2v) is 4.63. The van der Waals surface area contributed by atoms with Gasteiger partial charge in [0, 0.05) is 0 Å². The number of carbonyl (C=O) groups excluding carboxylic acids is 1. The van der Waals surface area contributed by atoms with E-state index >= 15 is 0 Å². The van der Waals surface area contributed by atoms with Gasteiger partial charge in [-0.05, 0) is 38.5 Å². The van der Waals surface area contributed by atoms with E-state index in [9.17, 15) is 9.90 Å². The highest BCUT2D eigenvalue weighted by Gasteiger charge is 2.38. The zero-order valence-corrected chi connectivity index (χ0v) is 10.6. The van der Waals surface area contributed by atoms with Crippen LogP contribution in [0.3, 0.4) is 0 Å². The lowest BCUT2D eigenvalue weighted by atomic mass is 9.92. The van der Waals surface area contributed by atoms with Crippen LogP contribution in [0.25, 0.3) is 0 Å². The maximum absolute atomic E-state index is 11.7. The van der Waals surface area contributed by atoms with Crippen molar-refractivity contribution in [3.63, 3.8) is 0 Å². The highest BCUT2D eigenvalue weighted by atomic mass is 16.5. The molecule has 1 atom stereocenters. The zero-order valence-electron chi connectivity index (χ0n) is 10.6. The van der Waals surface area contributed by atoms with Gasteiger partial charge in [0.25, 0.3) is 5.91 Å². The quantitative estimate of drug-likeness (QED) is 0.847. The van der Waals surface area contributed by atoms with Crippen molar-refractivity contribution in [3.8, 4) is 5.75 Å². The predicted molar refractivity (Wildman–Crippen MR) is 65.1 cm³/mol. The van der Waals surface area contributed by atoms with Gasteiger partial charge in [-0.3, -0.25) is 9.79 Å². The molecule has 1 heterocycles. The van der Waals surface area contributed by atoms with Crippen LogP contribution in [0.5, 0.6) is 5.75 Å². The molecule has 0 radical (unpaired) electrons. The van der Waals surface area contributed by atoms with Crippen LogP contribution in [0.4, 0.5) is 0 Å². The van der Waals surface area contributed by atoms with E-state index in [1.807, 2.05) is 13.8 Å². The van der Waals surface area contributed by atoms with Crippen LogP contribution >= 0.6 is 0 Å². The third-order valence-electron chi connectivity index (χ3n) is 2.78. The molecule has 0 spiro atoms. The molecule has 0 saturated heterocycles. The summed E-state index contributed by atoms with van der Waals surface area (Å²) in [5.41, 5.74) is -0.463. The molecule has 0 bridgehead atoms. The molecule has 18 heavy (non-hydrogen) atoms. The van der Waals surface area contributed by atoms with Crippen molar-refractivity contribution in [1.82, 2.24) is 5.32 Å². The van der Waals surface area contributed by atoms with Crippen LogP contribution in [0.2, 0.25) is 0 Å². The number of benzene rings is 1. The summed E-state index contributed by atoms with van der Waals surface area (Å²) >= 11 is 0. The maximum Gasteiger partial charge on any atom is 0.256 e. The van der Waals surface area contributed by atoms with E-state index in [1.54, 1.807) is 31.2 Å². The van der Waals surface area contributed by atoms with Gasteiger partial charge in [-0.25, -0.2) is 0 Å². The highest BCUT2D eigenvalue weighted by molar-refractivity contribution is 6.04. The molecule has 1 unspecified atom stereocenters. The van der Waals surface area contributed by atoms with Crippen LogP contribution in [-0.2, 0) is 10.3 Å². The van der Waals surface area contributed by atoms with Gasteiger partial charge in [0.15, 0.2) is 5.54 Å². The molecule has 1 aliphatic heterocycles. The molecule has 5 nitrogen and oxygen atoms in total. The number of amidine groups is 1. The van der Waals surface area contributed by atoms with Crippen LogP contribution < -0.4 is 15.2 Å². The first-order valence-electron chi connectivity index (χ1n) is 5.77. The van der Waals surface area contributed by atoms with Crippen molar-refractivity contribution in [2.24, 2.45) is 4.99 Å². The van der Waals surface area contributed by atoms with E-state index in [-0.39, 0.29) is 6.10 Å². The lowest BCUT2D eigenvalue weighted by Crippen LogP contribution is -2.38. The molecule has 1 aromatic rings. The lowest BCUT2D eigenvalue weighted by molar-refractivity contribution is -0.220. The van der Waals surface area contributed by atoms with Gasteiger partial charge in [0.1, 0.15) is 5.75 Å². The van der Waals surface area contributed by atoms with Crippen LogP contribution in [-0.4, -0.2) is 18.0 Å². The molecule has 1 N–H and O–H groups in total. The standard InChI is InChI=1S/C13H16N2O3/c1-8(2)18-10-6-4-9(5-7-10)13(3)11(16)14-12(17)15-13/h4-8H,1-3H3,(H2,14,15,16,17)/p-1. The van der Waals surface area contributed by atoms with Gasteiger partial charge in [-0.1, -0.05) is 12.1 Å². The van der Waals surface area contributed by atoms with Gasteiger partial charge >= 0.3 is 0 Å². The maximum atomic E-state index is 11.7. The minimum absolute atomic E-state index is 0.0903. The molecule has 0 aromatic heterocycles. The number of aliphatic imine (C=N–C) groups is 1. The van der Waals surface area contributed by atoms with Crippen molar-refractivity contribution in [1.29, 1.82) is 0 Å². The number of amides is 1. The Balaban J connectivity index is 2.27. The second kappa shape index (κ2) is 4.33. The largest absolute Gasteiger partial charge is 0.846 e. The fraction of sp³-hybridized carbons (Fsp3) is 0.385. The van der Waals surface area contributed by atoms with Crippen molar-refractivity contribution >= 4 is 11.9 Å². The van der Waals surface area contributed by atoms with Crippen LogP contribution in [0.15, 0.2) is 29.3 Å². The average Bonchev–Trinajstić information content (AvgIpc) is 2.53. The first-order chi connectivity index (χ1) is 8.41. The van der Waals surface area contributed by atoms with E-state index in [0.29, 0.717) is 5.56 Å². The van der Waals surface area contributed by atoms with Gasteiger partial charge in [0.2, 0.25) is 0 Å². The predicted octanol–water partition coefficient (Wildman–Crippen LogP) is 0.535. The van der Waals surface area contributed by atoms with E-state index in [4.69, 9.17) is 4.74 Å². The summed E-state index contributed by atoms with van der Waals surface area (Å²) in [6.45, 7) is 5.49. The lowest BCUT2D eigenvalue weighted by Gasteiger charge is -2.19. The van der Waals surface area contributed by atoms with E-state index in [1.165, 1.54) is 0 Å². The van der Waals surface area contributed by atoms with E-state index in [2.05, 4.69) is 10.3 Å². The summed E-state index contributed by atoms with van der Waals surface area (Å²) < 4.78 is 5.51. The summed E-state index contributed by atoms with van der Waals surface area (Å²) in [4.78, 5) is 15.5. The highest BCUT2D eigenvalue weighted by Crippen LogP contribution is 2.29. The molecule has 1 aliphatic rings. The SMILES string of the molecule is CC(C)Oc1ccc(C2(C)N=C([O-])NC2=O)cc1. The Kier molecular flexibility index (Phi) is 2.98. The fourth-order valence-corrected chi connectivity index (χ4v) is 1.83. The Hall–Kier alpha value is -2.04. The number of nitrogens with one attached hydrogen (secondary N) is 1. The van der Waals surface area contributed by atoms with Gasteiger partial charge in [0.05, 0.1) is 12.1 Å². The summed E-state index contributed by atoms with van der Waals surface area (Å²) in [6, 6.07) is 6.45. The summed E-state index contributed by atoms with van der Waals surface area (Å²) in [7, 11) is 0. The Morgan fingerprint density at radius 2 is 1.94 bits per heavy atom. The number of ether oxygens (including phenoxy) is 1. The summed E-state index contributed by atoms with van der Waals surface area (Å²) in [5, 5.41) is 13.3. The Morgan fingerprint density at radius 3 is 2.39 bits per heavy atom. The second-order valence-electron chi connectivity index (χ2n) is 4.63. The molecular weight excluding hydrogens is 232 g/mol. The Bertz CT molecular complexity index is 493. The molecule has 2 rings (SSSR count). The van der Waals surface area contributed by atoms with Crippen LogP contribution in [0, 0.1) is 0 Å². The first-order valence-corrected chi connectivity index (χ1v) is 5.77. The smallest absolute Gasteiger partial charge is 0.256 e. The molecule has 0 saturated carbocycles. The number of carbonyl (C=O) groups is 1. The topological polar surface area (TPSA) is 73.8 Å². The van der Waals surface area contributed by atoms with E-state index in [0.717, 1.165) is 5.75 Å². The van der Waals surface area contributed by atoms with Gasteiger partial charge in [-0.15, -0.1) is 0 Å². The van der Waals surface area contributed by atoms with Gasteiger partial charge in [-0.2, -0.15) is 0 Å². The minimum Gasteiger partial charge on any atom is -0.846 e. The molecule has 5 heteroatoms. The molecule has 0 fully saturated rings. The molecule has 0 aliphatic carbocycles. The number of rotatable bonds is 3. The normalized spacial score (nSPS) is 22.9. The van der Waals surface area contributed by atoms with Crippen LogP contribution in [0.1, 0.15) is 26.3 Å². The minimum atomic E-state index is -1.13. The first kappa shape index (κ1) is 12.4. The zero-order chi connectivity index (χ0) is 13.3. The van der Waals surface area contributed by atoms with Crippen molar-refractivity contribution in [3.05, 3.63) is 29.8 Å². The Morgan fingerprint density at radius 1 is 1.33 bits per heavy atom. The number of hydrogen-bond acceptors (Lipinski definition) is 4.